The predicted octanol–water partition coefficient (Wildman–Crippen LogP) is -1.80. The number of aromatic hydroxyl groups is 1. The molecule has 13 nitrogen and oxygen atoms in total. The Hall–Kier alpha value is -3.36. The highest BCUT2D eigenvalue weighted by atomic mass is 32.2. The van der Waals surface area contributed by atoms with Gasteiger partial charge in [0, 0.05) is 12.8 Å². The molecule has 0 saturated carbocycles. The molecule has 5 atom stereocenters. The van der Waals surface area contributed by atoms with Gasteiger partial charge < -0.3 is 42.7 Å². The molecule has 5 unspecified atom stereocenters. The summed E-state index contributed by atoms with van der Waals surface area (Å²) in [7, 11) is 0. The van der Waals surface area contributed by atoms with E-state index in [-0.39, 0.29) is 25.0 Å². The van der Waals surface area contributed by atoms with Crippen LogP contribution in [0, 0.1) is 0 Å². The van der Waals surface area contributed by atoms with E-state index in [1.807, 2.05) is 6.26 Å². The van der Waals surface area contributed by atoms with Crippen LogP contribution >= 0.6 is 11.8 Å². The molecule has 10 N–H and O–H groups in total. The summed E-state index contributed by atoms with van der Waals surface area (Å²) >= 11 is 1.48. The van der Waals surface area contributed by atoms with Gasteiger partial charge in [-0.15, -0.1) is 0 Å². The van der Waals surface area contributed by atoms with E-state index in [1.54, 1.807) is 0 Å². The molecule has 1 aromatic carbocycles. The number of amides is 4. The maximum Gasteiger partial charge on any atom is 0.326 e. The number of nitrogens with one attached hydrogen (secondary N) is 3. The molecule has 206 valence electrons. The van der Waals surface area contributed by atoms with E-state index in [0.717, 1.165) is 0 Å². The molecule has 4 amide bonds. The molecule has 1 aromatic rings. The van der Waals surface area contributed by atoms with Crippen LogP contribution in [0.15, 0.2) is 24.3 Å². The smallest absolute Gasteiger partial charge is 0.326 e. The van der Waals surface area contributed by atoms with Crippen LogP contribution in [0.25, 0.3) is 0 Å². The number of thioether (sulfide) groups is 1. The Morgan fingerprint density at radius 1 is 0.946 bits per heavy atom. The molecular weight excluding hydrogens is 506 g/mol. The lowest BCUT2D eigenvalue weighted by Gasteiger charge is -2.26. The number of benzene rings is 1. The molecule has 1 rings (SSSR count). The Balaban J connectivity index is 2.97. The number of hydrogen-bond acceptors (Lipinski definition) is 9. The summed E-state index contributed by atoms with van der Waals surface area (Å²) in [6.07, 6.45) is 0.172. The zero-order valence-electron chi connectivity index (χ0n) is 20.7. The van der Waals surface area contributed by atoms with Crippen molar-refractivity contribution in [3.05, 3.63) is 29.8 Å². The summed E-state index contributed by atoms with van der Waals surface area (Å²) < 4.78 is 0. The number of aliphatic carboxylic acids is 1. The van der Waals surface area contributed by atoms with Crippen molar-refractivity contribution in [1.82, 2.24) is 16.0 Å². The van der Waals surface area contributed by atoms with Gasteiger partial charge in [-0.2, -0.15) is 11.8 Å². The third-order valence-corrected chi connectivity index (χ3v) is 5.98. The third kappa shape index (κ3) is 11.5. The van der Waals surface area contributed by atoms with Gasteiger partial charge in [0.2, 0.25) is 23.6 Å². The van der Waals surface area contributed by atoms with Crippen molar-refractivity contribution >= 4 is 41.4 Å². The number of carboxylic acid groups (broad SMARTS) is 1. The highest BCUT2D eigenvalue weighted by Gasteiger charge is 2.33. The van der Waals surface area contributed by atoms with Crippen molar-refractivity contribution in [3.63, 3.8) is 0 Å². The lowest BCUT2D eigenvalue weighted by Crippen LogP contribution is -2.60. The van der Waals surface area contributed by atoms with Gasteiger partial charge >= 0.3 is 5.97 Å². The summed E-state index contributed by atoms with van der Waals surface area (Å²) in [6.45, 7) is 1.22. The molecule has 0 fully saturated rings. The van der Waals surface area contributed by atoms with Crippen LogP contribution in [-0.2, 0) is 30.4 Å². The summed E-state index contributed by atoms with van der Waals surface area (Å²) in [4.78, 5) is 61.2. The van der Waals surface area contributed by atoms with Gasteiger partial charge in [-0.25, -0.2) is 4.79 Å². The second-order valence-electron chi connectivity index (χ2n) is 8.45. The van der Waals surface area contributed by atoms with E-state index < -0.39 is 59.9 Å². The van der Waals surface area contributed by atoms with Crippen LogP contribution in [0.5, 0.6) is 5.75 Å². The summed E-state index contributed by atoms with van der Waals surface area (Å²) in [5.41, 5.74) is 11.5. The maximum absolute atomic E-state index is 12.9. The molecule has 0 radical (unpaired) electrons. The first-order valence-corrected chi connectivity index (χ1v) is 12.9. The molecule has 0 saturated heterocycles. The van der Waals surface area contributed by atoms with Crippen LogP contribution in [0.1, 0.15) is 31.7 Å². The lowest BCUT2D eigenvalue weighted by atomic mass is 10.0. The number of primary amides is 1. The van der Waals surface area contributed by atoms with Gasteiger partial charge in [-0.3, -0.25) is 19.2 Å². The minimum Gasteiger partial charge on any atom is -0.508 e. The summed E-state index contributed by atoms with van der Waals surface area (Å²) in [5, 5.41) is 36.1. The number of carboxylic acids is 1. The van der Waals surface area contributed by atoms with Crippen molar-refractivity contribution in [1.29, 1.82) is 0 Å². The van der Waals surface area contributed by atoms with Crippen molar-refractivity contribution in [2.24, 2.45) is 11.5 Å². The average molecular weight is 542 g/mol. The Morgan fingerprint density at radius 2 is 1.54 bits per heavy atom. The summed E-state index contributed by atoms with van der Waals surface area (Å²) in [5.74, 6) is -4.00. The molecular formula is C23H35N5O8S. The van der Waals surface area contributed by atoms with Crippen molar-refractivity contribution in [3.8, 4) is 5.75 Å². The molecule has 0 aliphatic rings. The van der Waals surface area contributed by atoms with E-state index in [9.17, 15) is 39.3 Å². The molecule has 0 spiro atoms. The van der Waals surface area contributed by atoms with Crippen LogP contribution in [-0.4, -0.2) is 87.2 Å². The van der Waals surface area contributed by atoms with Gasteiger partial charge in [0.1, 0.15) is 23.9 Å². The van der Waals surface area contributed by atoms with Crippen LogP contribution in [0.3, 0.4) is 0 Å². The first-order valence-electron chi connectivity index (χ1n) is 11.5. The van der Waals surface area contributed by atoms with Gasteiger partial charge in [0.25, 0.3) is 0 Å². The number of carbonyl (C=O) groups excluding carboxylic acids is 4. The van der Waals surface area contributed by atoms with Crippen LogP contribution in [0.4, 0.5) is 0 Å². The van der Waals surface area contributed by atoms with Crippen molar-refractivity contribution < 1.29 is 39.3 Å². The SMILES string of the molecule is CSCCC(N)C(=O)NC(CCC(N)=O)C(=O)NC(C(=O)NC(Cc1ccc(O)cc1)C(=O)O)C(C)O. The number of hydrogen-bond donors (Lipinski definition) is 8. The first kappa shape index (κ1) is 31.7. The molecule has 0 heterocycles. The number of nitrogens with two attached hydrogens (primary N) is 2. The minimum atomic E-state index is -1.58. The van der Waals surface area contributed by atoms with Gasteiger partial charge in [-0.05, 0) is 49.5 Å². The fourth-order valence-corrected chi connectivity index (χ4v) is 3.69. The second-order valence-corrected chi connectivity index (χ2v) is 9.44. The van der Waals surface area contributed by atoms with Crippen LogP contribution in [0.2, 0.25) is 0 Å². The van der Waals surface area contributed by atoms with Crippen LogP contribution < -0.4 is 27.4 Å². The monoisotopic (exact) mass is 541 g/mol. The highest BCUT2D eigenvalue weighted by Crippen LogP contribution is 2.12. The third-order valence-electron chi connectivity index (χ3n) is 5.34. The molecule has 0 aliphatic carbocycles. The molecule has 0 aromatic heterocycles. The standard InChI is InChI=1S/C23H35N5O8S/c1-12(29)19(22(34)27-17(23(35)36)11-13-3-5-14(30)6-4-13)28-21(33)16(7-8-18(25)31)26-20(32)15(24)9-10-37-2/h3-6,12,15-17,19,29-30H,7-11,24H2,1-2H3,(H2,25,31)(H,26,32)(H,27,34)(H,28,33)(H,35,36). The first-order chi connectivity index (χ1) is 17.3. The normalized spacial score (nSPS) is 14.9. The molecule has 0 aliphatic heterocycles. The van der Waals surface area contributed by atoms with Gasteiger partial charge in [0.05, 0.1) is 12.1 Å². The Bertz CT molecular complexity index is 944. The summed E-state index contributed by atoms with van der Waals surface area (Å²) in [6, 6.07) is 0.514. The molecule has 37 heavy (non-hydrogen) atoms. The van der Waals surface area contributed by atoms with E-state index in [2.05, 4.69) is 16.0 Å². The fraction of sp³-hybridized carbons (Fsp3) is 0.522. The molecule has 0 bridgehead atoms. The number of rotatable bonds is 16. The van der Waals surface area contributed by atoms with Crippen molar-refractivity contribution in [2.75, 3.05) is 12.0 Å². The van der Waals surface area contributed by atoms with E-state index in [4.69, 9.17) is 11.5 Å². The Kier molecular flexibility index (Phi) is 13.4. The van der Waals surface area contributed by atoms with Gasteiger partial charge in [0.15, 0.2) is 0 Å². The van der Waals surface area contributed by atoms with E-state index in [1.165, 1.54) is 43.0 Å². The maximum atomic E-state index is 12.9. The Morgan fingerprint density at radius 3 is 2.05 bits per heavy atom. The largest absolute Gasteiger partial charge is 0.508 e. The number of phenolic OH excluding ortho intramolecular Hbond substituents is 1. The van der Waals surface area contributed by atoms with Gasteiger partial charge in [-0.1, -0.05) is 12.1 Å². The van der Waals surface area contributed by atoms with E-state index >= 15 is 0 Å². The topological polar surface area (TPSA) is 234 Å². The lowest BCUT2D eigenvalue weighted by molar-refractivity contribution is -0.143. The Labute approximate surface area is 218 Å². The molecule has 14 heteroatoms. The number of phenols is 1. The van der Waals surface area contributed by atoms with E-state index in [0.29, 0.717) is 17.7 Å². The zero-order chi connectivity index (χ0) is 28.1. The minimum absolute atomic E-state index is 0.0141. The average Bonchev–Trinajstić information content (AvgIpc) is 2.83. The predicted molar refractivity (Wildman–Crippen MR) is 136 cm³/mol. The van der Waals surface area contributed by atoms with Crippen molar-refractivity contribution in [2.45, 2.75) is 62.9 Å². The number of aliphatic hydroxyl groups excluding tert-OH is 1. The quantitative estimate of drug-likeness (QED) is 0.117. The number of aliphatic hydroxyl groups is 1. The second kappa shape index (κ2) is 15.7. The zero-order valence-corrected chi connectivity index (χ0v) is 21.5. The fourth-order valence-electron chi connectivity index (χ4n) is 3.20. The highest BCUT2D eigenvalue weighted by molar-refractivity contribution is 7.98. The number of carbonyl (C=O) groups is 5.